The maximum absolute atomic E-state index is 13.4. The minimum absolute atomic E-state index is 0.123. The normalized spacial score (nSPS) is 14.5. The highest BCUT2D eigenvalue weighted by Crippen LogP contribution is 2.32. The van der Waals surface area contributed by atoms with E-state index in [0.29, 0.717) is 18.2 Å². The third-order valence-electron chi connectivity index (χ3n) is 5.78. The van der Waals surface area contributed by atoms with E-state index < -0.39 is 0 Å². The van der Waals surface area contributed by atoms with Gasteiger partial charge in [0, 0.05) is 18.8 Å². The van der Waals surface area contributed by atoms with Crippen LogP contribution in [0.4, 0.5) is 14.9 Å². The zero-order valence-corrected chi connectivity index (χ0v) is 17.3. The molecule has 2 aromatic carbocycles. The lowest BCUT2D eigenvalue weighted by Crippen LogP contribution is -2.45. The van der Waals surface area contributed by atoms with Crippen LogP contribution >= 0.6 is 0 Å². The third-order valence-corrected chi connectivity index (χ3v) is 5.78. The van der Waals surface area contributed by atoms with Gasteiger partial charge in [0.1, 0.15) is 5.82 Å². The van der Waals surface area contributed by atoms with Gasteiger partial charge in [-0.2, -0.15) is 0 Å². The SMILES string of the molecule is O=C(N(CCO)CCO)N(Cc1ccc(C2CCCCC2)cc1)c1ccc(F)cc1. The predicted molar refractivity (Wildman–Crippen MR) is 116 cm³/mol. The van der Waals surface area contributed by atoms with Crippen LogP contribution < -0.4 is 4.90 Å². The van der Waals surface area contributed by atoms with Crippen LogP contribution in [0.2, 0.25) is 0 Å². The van der Waals surface area contributed by atoms with Gasteiger partial charge in [0.2, 0.25) is 0 Å². The molecule has 0 unspecified atom stereocenters. The van der Waals surface area contributed by atoms with Crippen molar-refractivity contribution < 1.29 is 19.4 Å². The monoisotopic (exact) mass is 414 g/mol. The summed E-state index contributed by atoms with van der Waals surface area (Å²) in [7, 11) is 0. The molecule has 0 heterocycles. The van der Waals surface area contributed by atoms with Crippen molar-refractivity contribution in [3.05, 3.63) is 65.5 Å². The van der Waals surface area contributed by atoms with E-state index in [9.17, 15) is 19.4 Å². The quantitative estimate of drug-likeness (QED) is 0.677. The number of amides is 2. The number of carbonyl (C=O) groups is 1. The van der Waals surface area contributed by atoms with Gasteiger partial charge in [-0.05, 0) is 54.2 Å². The van der Waals surface area contributed by atoms with Gasteiger partial charge < -0.3 is 15.1 Å². The maximum Gasteiger partial charge on any atom is 0.324 e. The average molecular weight is 415 g/mol. The first kappa shape index (κ1) is 22.2. The summed E-state index contributed by atoms with van der Waals surface area (Å²) in [4.78, 5) is 16.1. The second-order valence-corrected chi connectivity index (χ2v) is 7.86. The first-order valence-electron chi connectivity index (χ1n) is 10.7. The molecule has 5 nitrogen and oxygen atoms in total. The van der Waals surface area contributed by atoms with E-state index in [-0.39, 0.29) is 38.2 Å². The van der Waals surface area contributed by atoms with E-state index in [1.807, 2.05) is 0 Å². The van der Waals surface area contributed by atoms with Crippen molar-refractivity contribution in [1.82, 2.24) is 4.90 Å². The highest BCUT2D eigenvalue weighted by atomic mass is 19.1. The minimum atomic E-state index is -0.370. The Morgan fingerprint density at radius 1 is 0.900 bits per heavy atom. The number of nitrogens with zero attached hydrogens (tertiary/aromatic N) is 2. The van der Waals surface area contributed by atoms with Gasteiger partial charge in [0.05, 0.1) is 19.8 Å². The molecule has 1 saturated carbocycles. The Bertz CT molecular complexity index is 783. The van der Waals surface area contributed by atoms with Crippen LogP contribution in [-0.2, 0) is 6.54 Å². The largest absolute Gasteiger partial charge is 0.395 e. The fourth-order valence-corrected chi connectivity index (χ4v) is 4.12. The summed E-state index contributed by atoms with van der Waals surface area (Å²) in [5, 5.41) is 18.6. The average Bonchev–Trinajstić information content (AvgIpc) is 2.79. The number of hydrogen-bond donors (Lipinski definition) is 2. The second-order valence-electron chi connectivity index (χ2n) is 7.86. The fourth-order valence-electron chi connectivity index (χ4n) is 4.12. The van der Waals surface area contributed by atoms with Gasteiger partial charge in [-0.25, -0.2) is 9.18 Å². The van der Waals surface area contributed by atoms with Gasteiger partial charge in [-0.15, -0.1) is 0 Å². The summed E-state index contributed by atoms with van der Waals surface area (Å²) in [5.41, 5.74) is 2.89. The molecule has 1 fully saturated rings. The third kappa shape index (κ3) is 5.80. The molecular formula is C24H31FN2O3. The van der Waals surface area contributed by atoms with E-state index in [2.05, 4.69) is 24.3 Å². The number of benzene rings is 2. The van der Waals surface area contributed by atoms with Gasteiger partial charge in [0.25, 0.3) is 0 Å². The Balaban J connectivity index is 1.81. The number of rotatable bonds is 8. The van der Waals surface area contributed by atoms with Crippen molar-refractivity contribution in [3.63, 3.8) is 0 Å². The van der Waals surface area contributed by atoms with E-state index in [1.54, 1.807) is 17.0 Å². The van der Waals surface area contributed by atoms with Crippen molar-refractivity contribution in [3.8, 4) is 0 Å². The number of anilines is 1. The molecule has 0 aromatic heterocycles. The van der Waals surface area contributed by atoms with Gasteiger partial charge in [-0.1, -0.05) is 43.5 Å². The maximum atomic E-state index is 13.4. The summed E-state index contributed by atoms with van der Waals surface area (Å²) in [5.74, 6) is 0.248. The molecule has 2 amide bonds. The summed E-state index contributed by atoms with van der Waals surface area (Å²) in [6, 6.07) is 13.9. The molecule has 2 aromatic rings. The molecular weight excluding hydrogens is 383 g/mol. The highest BCUT2D eigenvalue weighted by molar-refractivity contribution is 5.92. The number of urea groups is 1. The lowest BCUT2D eigenvalue weighted by Gasteiger charge is -2.30. The molecule has 3 rings (SSSR count). The van der Waals surface area contributed by atoms with E-state index in [4.69, 9.17) is 0 Å². The van der Waals surface area contributed by atoms with Crippen molar-refractivity contribution in [2.75, 3.05) is 31.2 Å². The lowest BCUT2D eigenvalue weighted by atomic mass is 9.84. The molecule has 6 heteroatoms. The zero-order chi connectivity index (χ0) is 21.3. The van der Waals surface area contributed by atoms with Gasteiger partial charge in [-0.3, -0.25) is 4.90 Å². The van der Waals surface area contributed by atoms with E-state index in [0.717, 1.165) is 5.56 Å². The number of hydrogen-bond acceptors (Lipinski definition) is 3. The summed E-state index contributed by atoms with van der Waals surface area (Å²) >= 11 is 0. The minimum Gasteiger partial charge on any atom is -0.395 e. The molecule has 0 atom stereocenters. The summed E-state index contributed by atoms with van der Waals surface area (Å²) in [6.07, 6.45) is 6.35. The Labute approximate surface area is 177 Å². The molecule has 2 N–H and O–H groups in total. The molecule has 0 spiro atoms. The molecule has 0 radical (unpaired) electrons. The molecule has 0 aliphatic heterocycles. The molecule has 162 valence electrons. The van der Waals surface area contributed by atoms with Crippen LogP contribution in [0, 0.1) is 5.82 Å². The number of halogens is 1. The van der Waals surface area contributed by atoms with Gasteiger partial charge >= 0.3 is 6.03 Å². The van der Waals surface area contributed by atoms with E-state index >= 15 is 0 Å². The van der Waals surface area contributed by atoms with Gasteiger partial charge in [0.15, 0.2) is 0 Å². The summed E-state index contributed by atoms with van der Waals surface area (Å²) < 4.78 is 13.4. The Hall–Kier alpha value is -2.44. The topological polar surface area (TPSA) is 64.0 Å². The first-order chi connectivity index (χ1) is 14.6. The Morgan fingerprint density at radius 3 is 2.07 bits per heavy atom. The van der Waals surface area contributed by atoms with Crippen molar-refractivity contribution in [1.29, 1.82) is 0 Å². The standard InChI is InChI=1S/C24H31FN2O3/c25-22-10-12-23(13-11-22)27(24(30)26(14-16-28)15-17-29)18-19-6-8-21(9-7-19)20-4-2-1-3-5-20/h6-13,20,28-29H,1-5,14-18H2. The number of carbonyl (C=O) groups excluding carboxylic acids is 1. The predicted octanol–water partition coefficient (Wildman–Crippen LogP) is 4.29. The van der Waals surface area contributed by atoms with Crippen LogP contribution in [0.15, 0.2) is 48.5 Å². The Morgan fingerprint density at radius 2 is 1.50 bits per heavy atom. The van der Waals surface area contributed by atoms with Crippen LogP contribution in [0.5, 0.6) is 0 Å². The van der Waals surface area contributed by atoms with Crippen molar-refractivity contribution >= 4 is 11.7 Å². The smallest absolute Gasteiger partial charge is 0.324 e. The molecule has 1 aliphatic rings. The first-order valence-corrected chi connectivity index (χ1v) is 10.7. The van der Waals surface area contributed by atoms with Crippen molar-refractivity contribution in [2.24, 2.45) is 0 Å². The number of aliphatic hydroxyl groups excluding tert-OH is 2. The zero-order valence-electron chi connectivity index (χ0n) is 17.3. The molecule has 30 heavy (non-hydrogen) atoms. The molecule has 0 bridgehead atoms. The van der Waals surface area contributed by atoms with Crippen LogP contribution in [0.25, 0.3) is 0 Å². The fraction of sp³-hybridized carbons (Fsp3) is 0.458. The van der Waals surface area contributed by atoms with Crippen molar-refractivity contribution in [2.45, 2.75) is 44.6 Å². The Kier molecular flexibility index (Phi) is 8.22. The lowest BCUT2D eigenvalue weighted by molar-refractivity contribution is 0.162. The summed E-state index contributed by atoms with van der Waals surface area (Å²) in [6.45, 7) is 0.177. The second kappa shape index (κ2) is 11.1. The van der Waals surface area contributed by atoms with E-state index in [1.165, 1.54) is 54.7 Å². The van der Waals surface area contributed by atoms with Crippen LogP contribution in [0.1, 0.15) is 49.1 Å². The highest BCUT2D eigenvalue weighted by Gasteiger charge is 2.23. The molecule has 0 saturated heterocycles. The molecule has 1 aliphatic carbocycles. The van der Waals surface area contributed by atoms with Crippen LogP contribution in [-0.4, -0.2) is 47.4 Å². The number of aliphatic hydroxyl groups is 2. The van der Waals surface area contributed by atoms with Crippen LogP contribution in [0.3, 0.4) is 0 Å².